The fraction of sp³-hybridized carbons (Fsp3) is 0.413. The maximum Gasteiger partial charge on any atom is 0.326 e. The number of carbonyl (C=O) groups excluding carboxylic acids is 8. The summed E-state index contributed by atoms with van der Waals surface area (Å²) in [5.41, 5.74) is 13.3. The van der Waals surface area contributed by atoms with Crippen molar-refractivity contribution >= 4 is 70.1 Å². The molecule has 0 bridgehead atoms. The number of benzene rings is 2. The van der Waals surface area contributed by atoms with E-state index in [0.29, 0.717) is 16.8 Å². The molecule has 0 spiro atoms. The van der Waals surface area contributed by atoms with Gasteiger partial charge in [0.1, 0.15) is 36.3 Å². The molecular weight excluding hydrogens is 909 g/mol. The Bertz CT molecular complexity index is 2490. The lowest BCUT2D eigenvalue weighted by molar-refractivity contribution is -0.142. The van der Waals surface area contributed by atoms with Crippen molar-refractivity contribution in [2.24, 2.45) is 16.5 Å². The molecule has 24 heteroatoms. The van der Waals surface area contributed by atoms with Gasteiger partial charge in [0.15, 0.2) is 5.96 Å². The van der Waals surface area contributed by atoms with Gasteiger partial charge in [-0.3, -0.25) is 43.3 Å². The highest BCUT2D eigenvalue weighted by Gasteiger charge is 2.34. The molecule has 8 amide bonds. The predicted octanol–water partition coefficient (Wildman–Crippen LogP) is -2.21. The Balaban J connectivity index is 1.46. The van der Waals surface area contributed by atoms with Crippen molar-refractivity contribution in [3.05, 3.63) is 90.1 Å². The molecule has 2 aromatic heterocycles. The van der Waals surface area contributed by atoms with Crippen LogP contribution in [-0.2, 0) is 62.4 Å². The number of aliphatic imine (C=N–C) groups is 1. The molecule has 374 valence electrons. The number of hydrogen-bond acceptors (Lipinski definition) is 11. The van der Waals surface area contributed by atoms with E-state index in [1.165, 1.54) is 19.4 Å². The number of nitrogens with two attached hydrogens (primary N) is 2. The predicted molar refractivity (Wildman–Crippen MR) is 254 cm³/mol. The van der Waals surface area contributed by atoms with Gasteiger partial charge >= 0.3 is 5.97 Å². The van der Waals surface area contributed by atoms with Gasteiger partial charge in [0, 0.05) is 68.3 Å². The van der Waals surface area contributed by atoms with Crippen LogP contribution < -0.4 is 54.0 Å². The number of carbonyl (C=O) groups is 9. The second-order valence-corrected chi connectivity index (χ2v) is 16.7. The van der Waals surface area contributed by atoms with Crippen molar-refractivity contribution < 1.29 is 48.3 Å². The van der Waals surface area contributed by atoms with Crippen LogP contribution in [0.25, 0.3) is 10.9 Å². The average Bonchev–Trinajstić information content (AvgIpc) is 4.00. The minimum atomic E-state index is -1.63. The number of hydrogen-bond donors (Lipinski definition) is 13. The van der Waals surface area contributed by atoms with Gasteiger partial charge in [-0.25, -0.2) is 9.78 Å². The molecule has 5 rings (SSSR count). The highest BCUT2D eigenvalue weighted by atomic mass is 16.4. The van der Waals surface area contributed by atoms with Gasteiger partial charge in [-0.15, -0.1) is 0 Å². The number of H-pyrrole nitrogens is 2. The number of fused-ring (bicyclic) bond motifs is 1. The molecular formula is C46H60N14O10. The second kappa shape index (κ2) is 26.3. The summed E-state index contributed by atoms with van der Waals surface area (Å²) in [6, 6.07) is 7.56. The van der Waals surface area contributed by atoms with Crippen LogP contribution >= 0.6 is 0 Å². The van der Waals surface area contributed by atoms with Crippen LogP contribution in [0.3, 0.4) is 0 Å². The number of aliphatic carboxylic acids is 1. The van der Waals surface area contributed by atoms with E-state index in [0.717, 1.165) is 10.9 Å². The molecule has 1 fully saturated rings. The van der Waals surface area contributed by atoms with Crippen LogP contribution in [0.15, 0.2) is 78.3 Å². The minimum absolute atomic E-state index is 0.00531. The fourth-order valence-corrected chi connectivity index (χ4v) is 7.68. The van der Waals surface area contributed by atoms with Gasteiger partial charge in [0.05, 0.1) is 19.3 Å². The number of aromatic nitrogens is 3. The first-order valence-electron chi connectivity index (χ1n) is 22.7. The zero-order valence-corrected chi connectivity index (χ0v) is 38.5. The summed E-state index contributed by atoms with van der Waals surface area (Å²) in [6.07, 6.45) is 4.05. The molecule has 2 aromatic carbocycles. The third kappa shape index (κ3) is 16.8. The second-order valence-electron chi connectivity index (χ2n) is 16.7. The lowest BCUT2D eigenvalue weighted by atomic mass is 10.0. The summed E-state index contributed by atoms with van der Waals surface area (Å²) in [5, 5.41) is 31.6. The van der Waals surface area contributed by atoms with Crippen molar-refractivity contribution in [1.82, 2.24) is 57.5 Å². The van der Waals surface area contributed by atoms with Crippen molar-refractivity contribution in [1.29, 1.82) is 0 Å². The largest absolute Gasteiger partial charge is 0.480 e. The molecule has 1 aliphatic heterocycles. The normalized spacial score (nSPS) is 20.8. The standard InChI is InChI=1S/C46H60N14O10/c1-26(61)55-32(15-9-17-51-46(47)48)41(65)60-37-21-38(62)50-16-8-7-14-33(45(69)70)57-42(66)35(19-28-22-52-31-13-6-5-12-30(28)31)56-39(63)24-53-40(64)34(18-27-10-3-2-4-11-27)58-43(67)36(59-44(37)68)20-29-23-49-25-54-29/h2-6,10-13,22-23,25,32-37,52H,7-9,14-21,24H2,1H3,(H,49,54)(H,50,62)(H,53,64)(H,55,61)(H,56,63)(H,57,66)(H,58,67)(H,59,68)(H,60,65)(H,69,70)(H4,47,48,51)/t32-,33?,34?,35-,36-,37?/m0/s1. The average molecular weight is 969 g/mol. The summed E-state index contributed by atoms with van der Waals surface area (Å²) in [5.74, 6) is -7.90. The van der Waals surface area contributed by atoms with Crippen molar-refractivity contribution in [3.63, 3.8) is 0 Å². The van der Waals surface area contributed by atoms with E-state index in [9.17, 15) is 48.3 Å². The number of rotatable bonds is 14. The quantitative estimate of drug-likeness (QED) is 0.0363. The Labute approximate surface area is 402 Å². The summed E-state index contributed by atoms with van der Waals surface area (Å²) < 4.78 is 0. The molecule has 0 radical (unpaired) electrons. The van der Waals surface area contributed by atoms with E-state index in [1.807, 2.05) is 18.2 Å². The van der Waals surface area contributed by atoms with E-state index in [1.54, 1.807) is 42.6 Å². The topological polar surface area (TPSA) is 379 Å². The highest BCUT2D eigenvalue weighted by Crippen LogP contribution is 2.19. The number of imidazole rings is 1. The van der Waals surface area contributed by atoms with Gasteiger partial charge in [0.2, 0.25) is 47.3 Å². The number of para-hydroxylation sites is 1. The van der Waals surface area contributed by atoms with E-state index in [4.69, 9.17) is 11.5 Å². The Hall–Kier alpha value is -8.31. The number of aromatic amines is 2. The SMILES string of the molecule is CC(=O)N[C@@H](CCCN=C(N)N)C(=O)NC1CC(=O)NCCCCC(C(=O)O)NC(=O)[C@H](Cc2c[nH]c3ccccc23)NC(=O)CNC(=O)C(Cc2ccccc2)NC(=O)[C@H](Cc2cnc[nH]2)NC1=O. The molecule has 1 aliphatic rings. The number of guanidine groups is 1. The highest BCUT2D eigenvalue weighted by molar-refractivity contribution is 5.98. The Morgan fingerprint density at radius 1 is 0.800 bits per heavy atom. The maximum absolute atomic E-state index is 14.3. The molecule has 0 aliphatic carbocycles. The Kier molecular flexibility index (Phi) is 19.8. The number of carboxylic acid groups (broad SMARTS) is 1. The lowest BCUT2D eigenvalue weighted by Crippen LogP contribution is -2.60. The molecule has 1 saturated heterocycles. The van der Waals surface area contributed by atoms with E-state index >= 15 is 0 Å². The van der Waals surface area contributed by atoms with Crippen molar-refractivity contribution in [3.8, 4) is 0 Å². The number of carboxylic acids is 1. The Morgan fingerprint density at radius 2 is 1.50 bits per heavy atom. The van der Waals surface area contributed by atoms with Gasteiger partial charge in [-0.2, -0.15) is 0 Å². The molecule has 4 aromatic rings. The third-order valence-corrected chi connectivity index (χ3v) is 11.2. The van der Waals surface area contributed by atoms with Crippen LogP contribution in [0.5, 0.6) is 0 Å². The first kappa shape index (κ1) is 52.7. The minimum Gasteiger partial charge on any atom is -0.480 e. The van der Waals surface area contributed by atoms with Gasteiger partial charge < -0.3 is 69.1 Å². The van der Waals surface area contributed by atoms with E-state index < -0.39 is 102 Å². The summed E-state index contributed by atoms with van der Waals surface area (Å²) in [4.78, 5) is 136. The monoisotopic (exact) mass is 968 g/mol. The van der Waals surface area contributed by atoms with Crippen LogP contribution in [-0.4, -0.2) is 135 Å². The maximum atomic E-state index is 14.3. The first-order chi connectivity index (χ1) is 33.6. The van der Waals surface area contributed by atoms with Crippen molar-refractivity contribution in [2.75, 3.05) is 19.6 Å². The molecule has 0 saturated carbocycles. The molecule has 3 unspecified atom stereocenters. The zero-order chi connectivity index (χ0) is 50.6. The summed E-state index contributed by atoms with van der Waals surface area (Å²) in [6.45, 7) is 0.639. The van der Waals surface area contributed by atoms with Crippen molar-refractivity contribution in [2.45, 2.75) is 101 Å². The smallest absolute Gasteiger partial charge is 0.326 e. The number of nitrogens with zero attached hydrogens (tertiary/aromatic N) is 2. The Morgan fingerprint density at radius 3 is 2.21 bits per heavy atom. The number of amides is 8. The van der Waals surface area contributed by atoms with Crippen LogP contribution in [0.4, 0.5) is 0 Å². The van der Waals surface area contributed by atoms with E-state index in [2.05, 4.69) is 62.5 Å². The van der Waals surface area contributed by atoms with Gasteiger partial charge in [0.25, 0.3) is 0 Å². The van der Waals surface area contributed by atoms with Crippen LogP contribution in [0, 0.1) is 0 Å². The van der Waals surface area contributed by atoms with Gasteiger partial charge in [-0.05, 0) is 49.3 Å². The van der Waals surface area contributed by atoms with Crippen LogP contribution in [0.1, 0.15) is 62.3 Å². The first-order valence-corrected chi connectivity index (χ1v) is 22.7. The van der Waals surface area contributed by atoms with Crippen LogP contribution in [0.2, 0.25) is 0 Å². The third-order valence-electron chi connectivity index (χ3n) is 11.2. The fourth-order valence-electron chi connectivity index (χ4n) is 7.68. The zero-order valence-electron chi connectivity index (χ0n) is 38.5. The molecule has 3 heterocycles. The van der Waals surface area contributed by atoms with E-state index in [-0.39, 0.29) is 70.4 Å². The molecule has 24 nitrogen and oxygen atoms in total. The molecule has 15 N–H and O–H groups in total. The summed E-state index contributed by atoms with van der Waals surface area (Å²) in [7, 11) is 0. The van der Waals surface area contributed by atoms with Gasteiger partial charge in [-0.1, -0.05) is 48.5 Å². The molecule has 70 heavy (non-hydrogen) atoms. The molecule has 6 atom stereocenters. The number of nitrogens with one attached hydrogen (secondary N) is 10. The lowest BCUT2D eigenvalue weighted by Gasteiger charge is -2.26. The summed E-state index contributed by atoms with van der Waals surface area (Å²) >= 11 is 0.